The Bertz CT molecular complexity index is 616. The van der Waals surface area contributed by atoms with E-state index in [4.69, 9.17) is 16.9 Å². The third-order valence-corrected chi connectivity index (χ3v) is 2.66. The minimum atomic E-state index is 0.216. The van der Waals surface area contributed by atoms with Crippen LogP contribution in [0, 0.1) is 11.3 Å². The van der Waals surface area contributed by atoms with Crippen molar-refractivity contribution >= 4 is 35.5 Å². The lowest BCUT2D eigenvalue weighted by molar-refractivity contribution is 0.881. The monoisotopic (exact) mass is 278 g/mol. The number of aromatic nitrogens is 4. The molecule has 0 amide bonds. The summed E-state index contributed by atoms with van der Waals surface area (Å²) in [6, 6.07) is 7.14. The number of hydrogen-bond donors (Lipinski definition) is 3. The van der Waals surface area contributed by atoms with Gasteiger partial charge in [0.2, 0.25) is 5.82 Å². The highest BCUT2D eigenvalue weighted by atomic mass is 35.5. The fraction of sp³-hybridized carbons (Fsp3) is 0. The Morgan fingerprint density at radius 1 is 1.56 bits per heavy atom. The van der Waals surface area contributed by atoms with Gasteiger partial charge in [0.1, 0.15) is 11.6 Å². The number of rotatable bonds is 3. The first-order valence-corrected chi connectivity index (χ1v) is 5.62. The maximum absolute atomic E-state index is 8.97. The summed E-state index contributed by atoms with van der Waals surface area (Å²) in [5, 5.41) is 25.6. The molecule has 2 rings (SSSR count). The number of benzene rings is 1. The molecule has 18 heavy (non-hydrogen) atoms. The molecule has 1 aromatic carbocycles. The third kappa shape index (κ3) is 2.80. The lowest BCUT2D eigenvalue weighted by Gasteiger charge is -2.05. The van der Waals surface area contributed by atoms with Gasteiger partial charge in [0.25, 0.3) is 0 Å². The van der Waals surface area contributed by atoms with Crippen LogP contribution in [-0.4, -0.2) is 20.6 Å². The van der Waals surface area contributed by atoms with Gasteiger partial charge in [0.05, 0.1) is 5.69 Å². The van der Waals surface area contributed by atoms with Gasteiger partial charge in [-0.3, -0.25) is 0 Å². The summed E-state index contributed by atoms with van der Waals surface area (Å²) in [5.74, 6) is 0.216. The number of tetrazole rings is 1. The first-order chi connectivity index (χ1) is 8.70. The van der Waals surface area contributed by atoms with Crippen LogP contribution in [0.15, 0.2) is 29.3 Å². The first kappa shape index (κ1) is 12.4. The molecule has 0 atom stereocenters. The number of hydrogen-bond acceptors (Lipinski definition) is 6. The summed E-state index contributed by atoms with van der Waals surface area (Å²) in [7, 11) is 0. The predicted octanol–water partition coefficient (Wildman–Crippen LogP) is 2.12. The number of thiol groups is 1. The van der Waals surface area contributed by atoms with Crippen molar-refractivity contribution in [2.24, 2.45) is 0 Å². The highest BCUT2D eigenvalue weighted by molar-refractivity contribution is 7.80. The minimum Gasteiger partial charge on any atom is -0.359 e. The maximum atomic E-state index is 8.97. The molecule has 8 heteroatoms. The number of aromatic amines is 1. The highest BCUT2D eigenvalue weighted by Gasteiger charge is 2.06. The molecule has 2 aromatic rings. The van der Waals surface area contributed by atoms with Crippen LogP contribution in [0.1, 0.15) is 5.82 Å². The first-order valence-electron chi connectivity index (χ1n) is 4.80. The summed E-state index contributed by atoms with van der Waals surface area (Å²) in [6.45, 7) is 0. The van der Waals surface area contributed by atoms with E-state index < -0.39 is 0 Å². The predicted molar refractivity (Wildman–Crippen MR) is 70.1 cm³/mol. The second-order valence-corrected chi connectivity index (χ2v) is 4.13. The number of anilines is 1. The highest BCUT2D eigenvalue weighted by Crippen LogP contribution is 2.24. The smallest absolute Gasteiger partial charge is 0.216 e. The van der Waals surface area contributed by atoms with Gasteiger partial charge in [0, 0.05) is 16.1 Å². The van der Waals surface area contributed by atoms with Crippen molar-refractivity contribution < 1.29 is 0 Å². The zero-order valence-corrected chi connectivity index (χ0v) is 10.6. The molecule has 0 fully saturated rings. The van der Waals surface area contributed by atoms with Gasteiger partial charge in [-0.1, -0.05) is 11.6 Å². The van der Waals surface area contributed by atoms with Crippen LogP contribution in [0.25, 0.3) is 5.57 Å². The molecule has 0 aliphatic carbocycles. The molecular formula is C10H7ClN6S. The number of nitrogens with one attached hydrogen (secondary N) is 2. The van der Waals surface area contributed by atoms with Crippen LogP contribution < -0.4 is 5.32 Å². The Kier molecular flexibility index (Phi) is 3.82. The van der Waals surface area contributed by atoms with Crippen molar-refractivity contribution in [1.82, 2.24) is 20.6 Å². The molecule has 0 radical (unpaired) electrons. The van der Waals surface area contributed by atoms with Crippen LogP contribution in [0.5, 0.6) is 0 Å². The minimum absolute atomic E-state index is 0.216. The standard InChI is InChI=1S/C10H7ClN6S/c11-7-1-2-9(18)8(3-7)13-5-6(4-12)10-14-16-17-15-10/h1-3,5,13,18H,(H,14,15,16,17). The summed E-state index contributed by atoms with van der Waals surface area (Å²) < 4.78 is 0. The van der Waals surface area contributed by atoms with Gasteiger partial charge < -0.3 is 5.32 Å². The van der Waals surface area contributed by atoms with Crippen molar-refractivity contribution in [2.75, 3.05) is 5.32 Å². The van der Waals surface area contributed by atoms with E-state index in [9.17, 15) is 0 Å². The van der Waals surface area contributed by atoms with Crippen LogP contribution >= 0.6 is 24.2 Å². The maximum Gasteiger partial charge on any atom is 0.216 e. The molecule has 0 aliphatic heterocycles. The van der Waals surface area contributed by atoms with Crippen LogP contribution in [0.3, 0.4) is 0 Å². The number of halogens is 1. The average Bonchev–Trinajstić information content (AvgIpc) is 2.88. The molecule has 0 bridgehead atoms. The third-order valence-electron chi connectivity index (χ3n) is 2.04. The normalized spacial score (nSPS) is 11.1. The van der Waals surface area contributed by atoms with Gasteiger partial charge in [-0.25, -0.2) is 0 Å². The van der Waals surface area contributed by atoms with Crippen LogP contribution in [0.2, 0.25) is 5.02 Å². The molecule has 1 aromatic heterocycles. The molecule has 0 saturated carbocycles. The Morgan fingerprint density at radius 3 is 3.06 bits per heavy atom. The van der Waals surface area contributed by atoms with E-state index in [0.717, 1.165) is 0 Å². The lowest BCUT2D eigenvalue weighted by atomic mass is 10.3. The van der Waals surface area contributed by atoms with Gasteiger partial charge in [0.15, 0.2) is 0 Å². The van der Waals surface area contributed by atoms with E-state index in [2.05, 4.69) is 38.6 Å². The number of nitriles is 1. The second kappa shape index (κ2) is 5.53. The molecule has 2 N–H and O–H groups in total. The van der Waals surface area contributed by atoms with Crippen LogP contribution in [0.4, 0.5) is 5.69 Å². The Morgan fingerprint density at radius 2 is 2.39 bits per heavy atom. The molecule has 0 unspecified atom stereocenters. The SMILES string of the molecule is N#CC(=CNc1cc(Cl)ccc1S)c1nn[nH]n1. The van der Waals surface area contributed by atoms with Crippen molar-refractivity contribution in [3.05, 3.63) is 35.2 Å². The summed E-state index contributed by atoms with van der Waals surface area (Å²) in [6.07, 6.45) is 1.47. The molecule has 1 heterocycles. The van der Waals surface area contributed by atoms with E-state index in [1.807, 2.05) is 6.07 Å². The fourth-order valence-corrected chi connectivity index (χ4v) is 1.57. The summed E-state index contributed by atoms with van der Waals surface area (Å²) in [5.41, 5.74) is 0.929. The molecule has 0 spiro atoms. The van der Waals surface area contributed by atoms with Crippen molar-refractivity contribution in [2.45, 2.75) is 4.90 Å². The summed E-state index contributed by atoms with van der Waals surface area (Å²) >= 11 is 10.1. The van der Waals surface area contributed by atoms with Crippen LogP contribution in [-0.2, 0) is 0 Å². The largest absolute Gasteiger partial charge is 0.359 e. The quantitative estimate of drug-likeness (QED) is 0.591. The van der Waals surface area contributed by atoms with E-state index in [0.29, 0.717) is 15.6 Å². The van der Waals surface area contributed by atoms with Crippen molar-refractivity contribution in [3.8, 4) is 6.07 Å². The van der Waals surface area contributed by atoms with Crippen molar-refractivity contribution in [1.29, 1.82) is 5.26 Å². The molecule has 6 nitrogen and oxygen atoms in total. The zero-order chi connectivity index (χ0) is 13.0. The molecule has 0 saturated heterocycles. The second-order valence-electron chi connectivity index (χ2n) is 3.21. The fourth-order valence-electron chi connectivity index (χ4n) is 1.20. The molecular weight excluding hydrogens is 272 g/mol. The Hall–Kier alpha value is -2.04. The van der Waals surface area contributed by atoms with E-state index >= 15 is 0 Å². The zero-order valence-electron chi connectivity index (χ0n) is 8.92. The van der Waals surface area contributed by atoms with E-state index in [1.165, 1.54) is 6.20 Å². The lowest BCUT2D eigenvalue weighted by Crippen LogP contribution is -1.94. The van der Waals surface area contributed by atoms with Gasteiger partial charge in [-0.05, 0) is 23.4 Å². The van der Waals surface area contributed by atoms with Crippen molar-refractivity contribution in [3.63, 3.8) is 0 Å². The van der Waals surface area contributed by atoms with E-state index in [-0.39, 0.29) is 11.4 Å². The number of nitrogens with zero attached hydrogens (tertiary/aromatic N) is 4. The Labute approximate surface area is 113 Å². The van der Waals surface area contributed by atoms with Gasteiger partial charge >= 0.3 is 0 Å². The number of allylic oxidation sites excluding steroid dienone is 1. The summed E-state index contributed by atoms with van der Waals surface area (Å²) in [4.78, 5) is 0.709. The molecule has 0 aliphatic rings. The number of H-pyrrole nitrogens is 1. The molecule has 90 valence electrons. The average molecular weight is 279 g/mol. The van der Waals surface area contributed by atoms with Gasteiger partial charge in [-0.2, -0.15) is 10.5 Å². The van der Waals surface area contributed by atoms with Gasteiger partial charge in [-0.15, -0.1) is 22.8 Å². The Balaban J connectivity index is 2.24. The topological polar surface area (TPSA) is 90.3 Å². The van der Waals surface area contributed by atoms with E-state index in [1.54, 1.807) is 18.2 Å².